The van der Waals surface area contributed by atoms with Crippen LogP contribution in [-0.4, -0.2) is 120 Å². The van der Waals surface area contributed by atoms with Crippen molar-refractivity contribution in [2.24, 2.45) is 5.41 Å². The zero-order valence-corrected chi connectivity index (χ0v) is 33.9. The Morgan fingerprint density at radius 1 is 0.982 bits per heavy atom. The Morgan fingerprint density at radius 2 is 1.71 bits per heavy atom. The maximum atomic E-state index is 13.4. The molecule has 2 fully saturated rings. The molecule has 320 valence electrons. The van der Waals surface area contributed by atoms with E-state index in [1.54, 1.807) is 32.1 Å². The first kappa shape index (κ1) is 47.7. The lowest BCUT2D eigenvalue weighted by molar-refractivity contribution is -0.327. The lowest BCUT2D eigenvalue weighted by Gasteiger charge is -2.51. The molecule has 14 heteroatoms. The fourth-order valence-corrected chi connectivity index (χ4v) is 7.40. The number of esters is 3. The molecular formula is C42H68O14. The van der Waals surface area contributed by atoms with Crippen molar-refractivity contribution in [1.29, 1.82) is 0 Å². The lowest BCUT2D eigenvalue weighted by Crippen LogP contribution is -2.62. The van der Waals surface area contributed by atoms with Gasteiger partial charge in [-0.2, -0.15) is 0 Å². The molecule has 0 spiro atoms. The number of ether oxygens (including phenoxy) is 7. The molecule has 0 aromatic carbocycles. The SMILES string of the molecule is C=CC[C@H]1CC2C[C@@H](CCCCO)OCC[C@@H](O)CC(=O)O[C@@H](CO)C[C@@H]3C/C(=C\C(=O)OC)[C@H](OC(=O)CCCCCCC)[C@@](O)(O3)C(C)(C)/C=C/[C@H](O2)O1. The topological polar surface area (TPSA) is 197 Å². The maximum Gasteiger partial charge on any atom is 0.330 e. The van der Waals surface area contributed by atoms with E-state index in [-0.39, 0.29) is 69.2 Å². The van der Waals surface area contributed by atoms with Crippen LogP contribution in [0.5, 0.6) is 0 Å². The number of fused-ring (bicyclic) bond motifs is 4. The summed E-state index contributed by atoms with van der Waals surface area (Å²) in [7, 11) is 1.21. The third-order valence-electron chi connectivity index (χ3n) is 10.6. The molecule has 4 bridgehead atoms. The molecule has 1 unspecified atom stereocenters. The fraction of sp³-hybridized carbons (Fsp3) is 0.786. The van der Waals surface area contributed by atoms with E-state index >= 15 is 0 Å². The number of cyclic esters (lactones) is 1. The fourth-order valence-electron chi connectivity index (χ4n) is 7.40. The quantitative estimate of drug-likeness (QED) is 0.0575. The second-order valence-electron chi connectivity index (χ2n) is 15.8. The third kappa shape index (κ3) is 15.2. The van der Waals surface area contributed by atoms with E-state index in [0.29, 0.717) is 44.9 Å². The van der Waals surface area contributed by atoms with Crippen molar-refractivity contribution in [3.63, 3.8) is 0 Å². The van der Waals surface area contributed by atoms with Crippen molar-refractivity contribution in [2.75, 3.05) is 26.9 Å². The molecule has 3 heterocycles. The highest BCUT2D eigenvalue weighted by Crippen LogP contribution is 2.47. The van der Waals surface area contributed by atoms with Crippen LogP contribution in [0.25, 0.3) is 0 Å². The largest absolute Gasteiger partial charge is 0.466 e. The highest BCUT2D eigenvalue weighted by Gasteiger charge is 2.57. The van der Waals surface area contributed by atoms with E-state index in [1.165, 1.54) is 13.2 Å². The Labute approximate surface area is 332 Å². The van der Waals surface area contributed by atoms with Crippen molar-refractivity contribution in [3.05, 3.63) is 36.5 Å². The average Bonchev–Trinajstić information content (AvgIpc) is 3.14. The number of carbonyl (C=O) groups excluding carboxylic acids is 3. The second-order valence-corrected chi connectivity index (χ2v) is 15.8. The van der Waals surface area contributed by atoms with Crippen molar-refractivity contribution in [1.82, 2.24) is 0 Å². The Kier molecular flexibility index (Phi) is 20.7. The minimum absolute atomic E-state index is 0.0289. The molecule has 0 saturated carbocycles. The summed E-state index contributed by atoms with van der Waals surface area (Å²) in [5.74, 6) is -4.36. The van der Waals surface area contributed by atoms with Crippen molar-refractivity contribution >= 4 is 17.9 Å². The molecule has 4 N–H and O–H groups in total. The van der Waals surface area contributed by atoms with Crippen LogP contribution >= 0.6 is 0 Å². The highest BCUT2D eigenvalue weighted by atomic mass is 16.7. The molecule has 9 atom stereocenters. The van der Waals surface area contributed by atoms with Gasteiger partial charge in [0.15, 0.2) is 12.4 Å². The van der Waals surface area contributed by atoms with Gasteiger partial charge in [-0.1, -0.05) is 58.6 Å². The van der Waals surface area contributed by atoms with Crippen LogP contribution in [0, 0.1) is 5.41 Å². The Bertz CT molecular complexity index is 1280. The van der Waals surface area contributed by atoms with Crippen LogP contribution in [0.4, 0.5) is 0 Å². The summed E-state index contributed by atoms with van der Waals surface area (Å²) in [5, 5.41) is 43.2. The van der Waals surface area contributed by atoms with Crippen LogP contribution in [0.15, 0.2) is 36.5 Å². The number of hydrogen-bond donors (Lipinski definition) is 4. The number of aliphatic hydroxyl groups excluding tert-OH is 3. The van der Waals surface area contributed by atoms with Crippen LogP contribution in [0.3, 0.4) is 0 Å². The molecule has 2 saturated heterocycles. The summed E-state index contributed by atoms with van der Waals surface area (Å²) in [6, 6.07) is 0. The standard InChI is InChI=1S/C42H68O14/c1-6-8-9-10-11-16-36(46)55-40-29(23-37(47)50-5)22-34-27-35(28-44)52-38(48)24-30(45)18-21-51-31(15-12-13-20-43)25-33-26-32(14-7-2)53-39(54-33)17-19-41(3,4)42(40,49)56-34/h7,17,19,23,30-35,39-40,43-45,49H,2,6,8-16,18,20-22,24-28H2,1,3-5H3/b19-17+,29-23+/t30-,31-,32+,33?,34+,35-,39+,40+,42-/m1/s1. The maximum absolute atomic E-state index is 13.4. The second kappa shape index (κ2) is 24.3. The minimum atomic E-state index is -2.30. The van der Waals surface area contributed by atoms with Crippen LogP contribution in [0.2, 0.25) is 0 Å². The molecule has 0 aliphatic carbocycles. The molecule has 56 heavy (non-hydrogen) atoms. The first-order valence-corrected chi connectivity index (χ1v) is 20.5. The van der Waals surface area contributed by atoms with Gasteiger partial charge in [0.05, 0.1) is 50.7 Å². The van der Waals surface area contributed by atoms with E-state index in [4.69, 9.17) is 33.2 Å². The molecule has 14 nitrogen and oxygen atoms in total. The van der Waals surface area contributed by atoms with Gasteiger partial charge in [0.2, 0.25) is 5.79 Å². The van der Waals surface area contributed by atoms with Gasteiger partial charge in [0, 0.05) is 44.0 Å². The summed E-state index contributed by atoms with van der Waals surface area (Å²) in [5.41, 5.74) is -1.13. The predicted molar refractivity (Wildman–Crippen MR) is 206 cm³/mol. The number of unbranched alkanes of at least 4 members (excludes halogenated alkanes) is 5. The first-order valence-electron chi connectivity index (χ1n) is 20.5. The Balaban J connectivity index is 2.07. The summed E-state index contributed by atoms with van der Waals surface area (Å²) in [6.45, 7) is 9.01. The molecule has 0 amide bonds. The molecule has 3 aliphatic rings. The number of carbonyl (C=O) groups is 3. The van der Waals surface area contributed by atoms with Gasteiger partial charge in [-0.3, -0.25) is 9.59 Å². The minimum Gasteiger partial charge on any atom is -0.466 e. The van der Waals surface area contributed by atoms with Crippen molar-refractivity contribution in [2.45, 2.75) is 178 Å². The summed E-state index contributed by atoms with van der Waals surface area (Å²) in [4.78, 5) is 39.1. The first-order chi connectivity index (χ1) is 26.8. The smallest absolute Gasteiger partial charge is 0.330 e. The van der Waals surface area contributed by atoms with Gasteiger partial charge in [0.1, 0.15) is 6.10 Å². The van der Waals surface area contributed by atoms with Crippen LogP contribution < -0.4 is 0 Å². The predicted octanol–water partition coefficient (Wildman–Crippen LogP) is 4.88. The highest BCUT2D eigenvalue weighted by molar-refractivity contribution is 5.83. The molecule has 0 radical (unpaired) electrons. The summed E-state index contributed by atoms with van der Waals surface area (Å²) < 4.78 is 41.9. The third-order valence-corrected chi connectivity index (χ3v) is 10.6. The van der Waals surface area contributed by atoms with Gasteiger partial charge >= 0.3 is 17.9 Å². The zero-order chi connectivity index (χ0) is 41.1. The number of rotatable bonds is 15. The summed E-state index contributed by atoms with van der Waals surface area (Å²) >= 11 is 0. The van der Waals surface area contributed by atoms with Crippen molar-refractivity contribution < 1.29 is 68.0 Å². The number of methoxy groups -OCH3 is 1. The van der Waals surface area contributed by atoms with Crippen LogP contribution in [-0.2, 0) is 47.5 Å². The number of hydrogen-bond acceptors (Lipinski definition) is 14. The van der Waals surface area contributed by atoms with E-state index < -0.39 is 66.4 Å². The normalized spacial score (nSPS) is 33.1. The Morgan fingerprint density at radius 3 is 2.41 bits per heavy atom. The van der Waals surface area contributed by atoms with Gasteiger partial charge < -0.3 is 53.6 Å². The summed E-state index contributed by atoms with van der Waals surface area (Å²) in [6.07, 6.45) is 7.93. The molecule has 3 rings (SSSR count). The van der Waals surface area contributed by atoms with Gasteiger partial charge in [0.25, 0.3) is 0 Å². The van der Waals surface area contributed by atoms with E-state index in [1.807, 2.05) is 0 Å². The molecule has 0 aromatic heterocycles. The average molecular weight is 797 g/mol. The Hall–Kier alpha value is -2.69. The van der Waals surface area contributed by atoms with Gasteiger partial charge in [-0.25, -0.2) is 4.79 Å². The molecule has 3 aliphatic heterocycles. The van der Waals surface area contributed by atoms with Gasteiger partial charge in [-0.05, 0) is 63.0 Å². The van der Waals surface area contributed by atoms with Crippen LogP contribution in [0.1, 0.15) is 124 Å². The molecular weight excluding hydrogens is 728 g/mol. The zero-order valence-electron chi connectivity index (χ0n) is 33.9. The number of aliphatic hydroxyl groups is 4. The van der Waals surface area contributed by atoms with E-state index in [2.05, 4.69) is 13.5 Å². The van der Waals surface area contributed by atoms with E-state index in [0.717, 1.165) is 25.7 Å². The van der Waals surface area contributed by atoms with Gasteiger partial charge in [-0.15, -0.1) is 6.58 Å². The van der Waals surface area contributed by atoms with E-state index in [9.17, 15) is 34.8 Å². The molecule has 0 aromatic rings. The lowest BCUT2D eigenvalue weighted by atomic mass is 9.74. The monoisotopic (exact) mass is 796 g/mol. The van der Waals surface area contributed by atoms with Crippen molar-refractivity contribution in [3.8, 4) is 0 Å².